The zero-order valence-corrected chi connectivity index (χ0v) is 9.43. The van der Waals surface area contributed by atoms with Gasteiger partial charge in [0, 0.05) is 6.54 Å². The first-order chi connectivity index (χ1) is 6.15. The van der Waals surface area contributed by atoms with Crippen molar-refractivity contribution < 1.29 is 5.11 Å². The number of rotatable bonds is 3. The Bertz CT molecular complexity index is 288. The van der Waals surface area contributed by atoms with Crippen molar-refractivity contribution in [3.05, 3.63) is 28.2 Å². The van der Waals surface area contributed by atoms with Crippen molar-refractivity contribution in [3.8, 4) is 5.75 Å². The highest BCUT2D eigenvalue weighted by molar-refractivity contribution is 9.10. The van der Waals surface area contributed by atoms with Crippen LogP contribution in [0.15, 0.2) is 22.7 Å². The van der Waals surface area contributed by atoms with Crippen LogP contribution in [0.4, 0.5) is 0 Å². The van der Waals surface area contributed by atoms with E-state index in [9.17, 15) is 5.11 Å². The quantitative estimate of drug-likeness (QED) is 0.856. The summed E-state index contributed by atoms with van der Waals surface area (Å²) in [6, 6.07) is 5.62. The zero-order valence-electron chi connectivity index (χ0n) is 7.84. The largest absolute Gasteiger partial charge is 0.507 e. The molecule has 0 aliphatic heterocycles. The van der Waals surface area contributed by atoms with E-state index in [1.807, 2.05) is 19.2 Å². The lowest BCUT2D eigenvalue weighted by Crippen LogP contribution is -2.14. The first kappa shape index (κ1) is 10.5. The predicted molar refractivity (Wildman–Crippen MR) is 58.1 cm³/mol. The molecule has 0 fully saturated rings. The Morgan fingerprint density at radius 3 is 2.77 bits per heavy atom. The summed E-state index contributed by atoms with van der Waals surface area (Å²) in [6.07, 6.45) is 0. The van der Waals surface area contributed by atoms with Crippen LogP contribution in [0.5, 0.6) is 5.75 Å². The molecule has 0 amide bonds. The van der Waals surface area contributed by atoms with E-state index in [-0.39, 0.29) is 0 Å². The number of benzene rings is 1. The molecule has 0 radical (unpaired) electrons. The number of phenols is 1. The molecule has 72 valence electrons. The monoisotopic (exact) mass is 243 g/mol. The van der Waals surface area contributed by atoms with Gasteiger partial charge in [-0.3, -0.25) is 0 Å². The second-order valence-corrected chi connectivity index (χ2v) is 4.02. The highest BCUT2D eigenvalue weighted by Gasteiger charge is 2.06. The molecular formula is C10H14BrNO. The third-order valence-electron chi connectivity index (χ3n) is 2.05. The van der Waals surface area contributed by atoms with Crippen molar-refractivity contribution in [2.24, 2.45) is 0 Å². The summed E-state index contributed by atoms with van der Waals surface area (Å²) in [4.78, 5) is 0. The van der Waals surface area contributed by atoms with Crippen molar-refractivity contribution in [3.63, 3.8) is 0 Å². The molecule has 1 unspecified atom stereocenters. The molecule has 2 N–H and O–H groups in total. The van der Waals surface area contributed by atoms with Crippen LogP contribution in [0, 0.1) is 0 Å². The van der Waals surface area contributed by atoms with E-state index >= 15 is 0 Å². The van der Waals surface area contributed by atoms with E-state index in [4.69, 9.17) is 0 Å². The molecule has 0 aromatic heterocycles. The van der Waals surface area contributed by atoms with Crippen molar-refractivity contribution in [1.29, 1.82) is 0 Å². The molecule has 0 saturated heterocycles. The smallest absolute Gasteiger partial charge is 0.129 e. The van der Waals surface area contributed by atoms with Gasteiger partial charge in [0.25, 0.3) is 0 Å². The third kappa shape index (κ3) is 2.71. The Kier molecular flexibility index (Phi) is 3.75. The summed E-state index contributed by atoms with van der Waals surface area (Å²) >= 11 is 3.30. The molecule has 0 saturated carbocycles. The lowest BCUT2D eigenvalue weighted by Gasteiger charge is -2.11. The van der Waals surface area contributed by atoms with E-state index in [1.54, 1.807) is 6.07 Å². The predicted octanol–water partition coefficient (Wildman–Crippen LogP) is 2.48. The first-order valence-corrected chi connectivity index (χ1v) is 5.07. The van der Waals surface area contributed by atoms with Crippen molar-refractivity contribution in [1.82, 2.24) is 5.32 Å². The van der Waals surface area contributed by atoms with Gasteiger partial charge in [0.2, 0.25) is 0 Å². The van der Waals surface area contributed by atoms with Gasteiger partial charge < -0.3 is 10.4 Å². The number of hydrogen-bond acceptors (Lipinski definition) is 2. The molecule has 1 aromatic rings. The summed E-state index contributed by atoms with van der Waals surface area (Å²) in [5, 5.41) is 12.4. The maximum absolute atomic E-state index is 9.29. The van der Waals surface area contributed by atoms with Gasteiger partial charge in [0.15, 0.2) is 0 Å². The molecule has 0 heterocycles. The number of halogens is 1. The van der Waals surface area contributed by atoms with E-state index < -0.39 is 0 Å². The maximum Gasteiger partial charge on any atom is 0.129 e. The van der Waals surface area contributed by atoms with E-state index in [0.717, 1.165) is 11.0 Å². The Hall–Kier alpha value is -0.540. The maximum atomic E-state index is 9.29. The SMILES string of the molecule is CNCC(C)c1ccc(O)c(Br)c1. The van der Waals surface area contributed by atoms with Crippen LogP contribution in [0.1, 0.15) is 18.4 Å². The molecule has 0 aliphatic carbocycles. The molecule has 1 rings (SSSR count). The standard InChI is InChI=1S/C10H14BrNO/c1-7(6-12-2)8-3-4-10(13)9(11)5-8/h3-5,7,12-13H,6H2,1-2H3. The van der Waals surface area contributed by atoms with Gasteiger partial charge in [-0.05, 0) is 46.6 Å². The normalized spacial score (nSPS) is 12.8. The molecule has 3 heteroatoms. The molecule has 0 aliphatic rings. The fourth-order valence-corrected chi connectivity index (χ4v) is 1.65. The molecule has 0 bridgehead atoms. The van der Waals surface area contributed by atoms with Gasteiger partial charge >= 0.3 is 0 Å². The minimum Gasteiger partial charge on any atom is -0.507 e. The Morgan fingerprint density at radius 1 is 1.54 bits per heavy atom. The van der Waals surface area contributed by atoms with Crippen LogP contribution in [0.3, 0.4) is 0 Å². The molecule has 13 heavy (non-hydrogen) atoms. The van der Waals surface area contributed by atoms with Gasteiger partial charge in [-0.1, -0.05) is 13.0 Å². The summed E-state index contributed by atoms with van der Waals surface area (Å²) in [5.41, 5.74) is 1.22. The first-order valence-electron chi connectivity index (χ1n) is 4.28. The van der Waals surface area contributed by atoms with Crippen LogP contribution in [0.2, 0.25) is 0 Å². The Balaban J connectivity index is 2.84. The molecule has 0 spiro atoms. The van der Waals surface area contributed by atoms with Gasteiger partial charge in [-0.15, -0.1) is 0 Å². The minimum absolute atomic E-state index is 0.292. The number of nitrogens with one attached hydrogen (secondary N) is 1. The van der Waals surface area contributed by atoms with Crippen molar-refractivity contribution in [2.75, 3.05) is 13.6 Å². The average molecular weight is 244 g/mol. The third-order valence-corrected chi connectivity index (χ3v) is 2.69. The van der Waals surface area contributed by atoms with Crippen LogP contribution in [-0.4, -0.2) is 18.7 Å². The highest BCUT2D eigenvalue weighted by atomic mass is 79.9. The topological polar surface area (TPSA) is 32.3 Å². The fourth-order valence-electron chi connectivity index (χ4n) is 1.25. The van der Waals surface area contributed by atoms with Crippen LogP contribution >= 0.6 is 15.9 Å². The molecule has 1 atom stereocenters. The second kappa shape index (κ2) is 4.63. The molecular weight excluding hydrogens is 230 g/mol. The highest BCUT2D eigenvalue weighted by Crippen LogP contribution is 2.27. The Morgan fingerprint density at radius 2 is 2.23 bits per heavy atom. The number of likely N-dealkylation sites (N-methyl/N-ethyl adjacent to an activating group) is 1. The molecule has 1 aromatic carbocycles. The van der Waals surface area contributed by atoms with Gasteiger partial charge in [0.05, 0.1) is 4.47 Å². The van der Waals surface area contributed by atoms with Gasteiger partial charge in [-0.25, -0.2) is 0 Å². The zero-order chi connectivity index (χ0) is 9.84. The summed E-state index contributed by atoms with van der Waals surface area (Å²) in [6.45, 7) is 3.09. The van der Waals surface area contributed by atoms with Gasteiger partial charge in [-0.2, -0.15) is 0 Å². The number of hydrogen-bond donors (Lipinski definition) is 2. The fraction of sp³-hybridized carbons (Fsp3) is 0.400. The van der Waals surface area contributed by atoms with Crippen molar-refractivity contribution in [2.45, 2.75) is 12.8 Å². The van der Waals surface area contributed by atoms with E-state index in [2.05, 4.69) is 28.2 Å². The van der Waals surface area contributed by atoms with Crippen LogP contribution in [-0.2, 0) is 0 Å². The van der Waals surface area contributed by atoms with Crippen LogP contribution < -0.4 is 5.32 Å². The van der Waals surface area contributed by atoms with Gasteiger partial charge in [0.1, 0.15) is 5.75 Å². The summed E-state index contributed by atoms with van der Waals surface area (Å²) < 4.78 is 0.757. The van der Waals surface area contributed by atoms with E-state index in [1.165, 1.54) is 5.56 Å². The second-order valence-electron chi connectivity index (χ2n) is 3.17. The minimum atomic E-state index is 0.292. The lowest BCUT2D eigenvalue weighted by atomic mass is 10.0. The van der Waals surface area contributed by atoms with E-state index in [0.29, 0.717) is 11.7 Å². The molecule has 2 nitrogen and oxygen atoms in total. The number of phenolic OH excluding ortho intramolecular Hbond substituents is 1. The Labute approximate surface area is 87.1 Å². The van der Waals surface area contributed by atoms with Crippen LogP contribution in [0.25, 0.3) is 0 Å². The number of aromatic hydroxyl groups is 1. The summed E-state index contributed by atoms with van der Waals surface area (Å²) in [7, 11) is 1.94. The van der Waals surface area contributed by atoms with Crippen molar-refractivity contribution >= 4 is 15.9 Å². The summed E-state index contributed by atoms with van der Waals surface area (Å²) in [5.74, 6) is 0.752. The average Bonchev–Trinajstić information content (AvgIpc) is 2.10. The lowest BCUT2D eigenvalue weighted by molar-refractivity contribution is 0.471.